The van der Waals surface area contributed by atoms with Gasteiger partial charge in [-0.25, -0.2) is 9.97 Å². The number of hydrogen-bond acceptors (Lipinski definition) is 4. The van der Waals surface area contributed by atoms with Crippen molar-refractivity contribution in [1.82, 2.24) is 19.7 Å². The van der Waals surface area contributed by atoms with Gasteiger partial charge in [0.05, 0.1) is 6.20 Å². The zero-order chi connectivity index (χ0) is 14.5. The summed E-state index contributed by atoms with van der Waals surface area (Å²) < 4.78 is 1.63. The van der Waals surface area contributed by atoms with Crippen LogP contribution in [-0.4, -0.2) is 19.7 Å². The molecule has 20 heavy (non-hydrogen) atoms. The van der Waals surface area contributed by atoms with E-state index in [-0.39, 0.29) is 0 Å². The van der Waals surface area contributed by atoms with Crippen LogP contribution in [0.25, 0.3) is 5.95 Å². The SMILES string of the molecule is CCCCCCc1cnn(-c2nc(C)cc(C)n2)c1N. The summed E-state index contributed by atoms with van der Waals surface area (Å²) in [5.74, 6) is 1.21. The van der Waals surface area contributed by atoms with Crippen molar-refractivity contribution in [2.45, 2.75) is 52.9 Å². The van der Waals surface area contributed by atoms with Crippen LogP contribution >= 0.6 is 0 Å². The zero-order valence-corrected chi connectivity index (χ0v) is 12.6. The Kier molecular flexibility index (Phi) is 4.71. The fourth-order valence-electron chi connectivity index (χ4n) is 2.29. The Labute approximate surface area is 120 Å². The van der Waals surface area contributed by atoms with Crippen molar-refractivity contribution >= 4 is 5.82 Å². The second kappa shape index (κ2) is 6.50. The van der Waals surface area contributed by atoms with Crippen LogP contribution in [0.15, 0.2) is 12.3 Å². The van der Waals surface area contributed by atoms with Crippen molar-refractivity contribution in [3.8, 4) is 5.95 Å². The maximum Gasteiger partial charge on any atom is 0.252 e. The van der Waals surface area contributed by atoms with Gasteiger partial charge in [-0.2, -0.15) is 9.78 Å². The van der Waals surface area contributed by atoms with E-state index in [1.165, 1.54) is 19.3 Å². The van der Waals surface area contributed by atoms with Crippen LogP contribution in [-0.2, 0) is 6.42 Å². The molecule has 0 bridgehead atoms. The number of rotatable bonds is 6. The Bertz CT molecular complexity index is 553. The largest absolute Gasteiger partial charge is 0.383 e. The van der Waals surface area contributed by atoms with Crippen molar-refractivity contribution in [1.29, 1.82) is 0 Å². The van der Waals surface area contributed by atoms with Crippen molar-refractivity contribution in [3.05, 3.63) is 29.2 Å². The van der Waals surface area contributed by atoms with Gasteiger partial charge >= 0.3 is 0 Å². The van der Waals surface area contributed by atoms with E-state index in [9.17, 15) is 0 Å². The fraction of sp³-hybridized carbons (Fsp3) is 0.533. The lowest BCUT2D eigenvalue weighted by Gasteiger charge is -2.05. The van der Waals surface area contributed by atoms with Crippen molar-refractivity contribution in [2.24, 2.45) is 0 Å². The summed E-state index contributed by atoms with van der Waals surface area (Å²) in [6.45, 7) is 6.11. The molecule has 0 aliphatic heterocycles. The van der Waals surface area contributed by atoms with Crippen LogP contribution in [0.4, 0.5) is 5.82 Å². The Morgan fingerprint density at radius 2 is 1.80 bits per heavy atom. The summed E-state index contributed by atoms with van der Waals surface area (Å²) in [6, 6.07) is 1.94. The Morgan fingerprint density at radius 1 is 1.10 bits per heavy atom. The predicted molar refractivity (Wildman–Crippen MR) is 80.9 cm³/mol. The van der Waals surface area contributed by atoms with E-state index in [1.54, 1.807) is 4.68 Å². The number of nitrogens with zero attached hydrogens (tertiary/aromatic N) is 4. The molecule has 0 fully saturated rings. The van der Waals surface area contributed by atoms with E-state index in [2.05, 4.69) is 22.0 Å². The van der Waals surface area contributed by atoms with Crippen LogP contribution in [0.2, 0.25) is 0 Å². The standard InChI is InChI=1S/C15H23N5/c1-4-5-6-7-8-13-10-17-20(14(13)16)15-18-11(2)9-12(3)19-15/h9-10H,4-8,16H2,1-3H3. The molecular weight excluding hydrogens is 250 g/mol. The summed E-state index contributed by atoms with van der Waals surface area (Å²) in [6.07, 6.45) is 7.71. The maximum atomic E-state index is 6.17. The van der Waals surface area contributed by atoms with Gasteiger partial charge in [-0.1, -0.05) is 26.2 Å². The number of aryl methyl sites for hydroxylation is 3. The lowest BCUT2D eigenvalue weighted by atomic mass is 10.1. The Balaban J connectivity index is 2.15. The topological polar surface area (TPSA) is 69.6 Å². The molecule has 0 spiro atoms. The number of aromatic nitrogens is 4. The van der Waals surface area contributed by atoms with Gasteiger partial charge in [-0.05, 0) is 32.8 Å². The van der Waals surface area contributed by atoms with Gasteiger partial charge in [-0.15, -0.1) is 0 Å². The van der Waals surface area contributed by atoms with Crippen LogP contribution in [0.1, 0.15) is 49.6 Å². The molecule has 0 aliphatic rings. The lowest BCUT2D eigenvalue weighted by Crippen LogP contribution is -2.08. The first-order chi connectivity index (χ1) is 9.61. The second-order valence-corrected chi connectivity index (χ2v) is 5.23. The monoisotopic (exact) mass is 273 g/mol. The van der Waals surface area contributed by atoms with Crippen LogP contribution < -0.4 is 5.73 Å². The van der Waals surface area contributed by atoms with E-state index in [0.29, 0.717) is 11.8 Å². The van der Waals surface area contributed by atoms with Gasteiger partial charge in [0, 0.05) is 17.0 Å². The third-order valence-electron chi connectivity index (χ3n) is 3.35. The molecule has 0 unspecified atom stereocenters. The van der Waals surface area contributed by atoms with Gasteiger partial charge < -0.3 is 5.73 Å². The van der Waals surface area contributed by atoms with Gasteiger partial charge in [-0.3, -0.25) is 0 Å². The minimum absolute atomic E-state index is 0.555. The van der Waals surface area contributed by atoms with E-state index in [1.807, 2.05) is 26.1 Å². The first-order valence-electron chi connectivity index (χ1n) is 7.27. The summed E-state index contributed by atoms with van der Waals surface area (Å²) >= 11 is 0. The molecule has 2 aromatic rings. The normalized spacial score (nSPS) is 10.9. The maximum absolute atomic E-state index is 6.17. The van der Waals surface area contributed by atoms with Crippen molar-refractivity contribution in [2.75, 3.05) is 5.73 Å². The zero-order valence-electron chi connectivity index (χ0n) is 12.6. The van der Waals surface area contributed by atoms with Crippen LogP contribution in [0, 0.1) is 13.8 Å². The number of hydrogen-bond donors (Lipinski definition) is 1. The van der Waals surface area contributed by atoms with E-state index < -0.39 is 0 Å². The molecule has 0 amide bonds. The molecule has 0 saturated carbocycles. The molecule has 0 saturated heterocycles. The van der Waals surface area contributed by atoms with Crippen molar-refractivity contribution < 1.29 is 0 Å². The Hall–Kier alpha value is -1.91. The van der Waals surface area contributed by atoms with Crippen LogP contribution in [0.3, 0.4) is 0 Å². The first kappa shape index (κ1) is 14.5. The summed E-state index contributed by atoms with van der Waals surface area (Å²) in [4.78, 5) is 8.79. The third kappa shape index (κ3) is 3.35. The molecule has 108 valence electrons. The number of nitrogen functional groups attached to an aromatic ring is 1. The van der Waals surface area contributed by atoms with Gasteiger partial charge in [0.15, 0.2) is 0 Å². The second-order valence-electron chi connectivity index (χ2n) is 5.23. The molecule has 0 atom stereocenters. The number of unbranched alkanes of at least 4 members (excludes halogenated alkanes) is 3. The molecule has 2 heterocycles. The van der Waals surface area contributed by atoms with E-state index >= 15 is 0 Å². The molecule has 0 aromatic carbocycles. The molecule has 0 aliphatic carbocycles. The number of nitrogens with two attached hydrogens (primary N) is 1. The lowest BCUT2D eigenvalue weighted by molar-refractivity contribution is 0.667. The van der Waals surface area contributed by atoms with E-state index in [4.69, 9.17) is 5.73 Å². The minimum atomic E-state index is 0.555. The highest BCUT2D eigenvalue weighted by Gasteiger charge is 2.11. The molecule has 5 heteroatoms. The third-order valence-corrected chi connectivity index (χ3v) is 3.35. The van der Waals surface area contributed by atoms with Crippen molar-refractivity contribution in [3.63, 3.8) is 0 Å². The molecule has 0 radical (unpaired) electrons. The van der Waals surface area contributed by atoms with Crippen LogP contribution in [0.5, 0.6) is 0 Å². The summed E-state index contributed by atoms with van der Waals surface area (Å²) in [7, 11) is 0. The Morgan fingerprint density at radius 3 is 2.45 bits per heavy atom. The number of anilines is 1. The smallest absolute Gasteiger partial charge is 0.252 e. The van der Waals surface area contributed by atoms with E-state index in [0.717, 1.165) is 29.8 Å². The highest BCUT2D eigenvalue weighted by molar-refractivity contribution is 5.43. The summed E-state index contributed by atoms with van der Waals surface area (Å²) in [5, 5.41) is 4.33. The molecule has 2 N–H and O–H groups in total. The molecular formula is C15H23N5. The highest BCUT2D eigenvalue weighted by Crippen LogP contribution is 2.18. The predicted octanol–water partition coefficient (Wildman–Crippen LogP) is 2.98. The average Bonchev–Trinajstić information content (AvgIpc) is 2.75. The summed E-state index contributed by atoms with van der Waals surface area (Å²) in [5.41, 5.74) is 9.10. The molecule has 5 nitrogen and oxygen atoms in total. The quantitative estimate of drug-likeness (QED) is 0.821. The first-order valence-corrected chi connectivity index (χ1v) is 7.27. The fourth-order valence-corrected chi connectivity index (χ4v) is 2.29. The highest BCUT2D eigenvalue weighted by atomic mass is 15.4. The van der Waals surface area contributed by atoms with Gasteiger partial charge in [0.2, 0.25) is 0 Å². The molecule has 2 aromatic heterocycles. The van der Waals surface area contributed by atoms with Gasteiger partial charge in [0.25, 0.3) is 5.95 Å². The molecule has 2 rings (SSSR count). The average molecular weight is 273 g/mol. The van der Waals surface area contributed by atoms with Gasteiger partial charge in [0.1, 0.15) is 5.82 Å². The minimum Gasteiger partial charge on any atom is -0.383 e.